The Morgan fingerprint density at radius 1 is 1.40 bits per heavy atom. The maximum absolute atomic E-state index is 12.5. The fourth-order valence-electron chi connectivity index (χ4n) is 1.94. The van der Waals surface area contributed by atoms with Crippen molar-refractivity contribution in [1.29, 1.82) is 0 Å². The first-order valence-electron chi connectivity index (χ1n) is 6.15. The van der Waals surface area contributed by atoms with Crippen molar-refractivity contribution in [3.8, 4) is 0 Å². The molecule has 2 rings (SSSR count). The van der Waals surface area contributed by atoms with Crippen LogP contribution in [0.15, 0.2) is 12.3 Å². The number of nitrogens with one attached hydrogen (secondary N) is 2. The van der Waals surface area contributed by atoms with Crippen molar-refractivity contribution in [1.82, 2.24) is 10.3 Å². The van der Waals surface area contributed by atoms with Crippen LogP contribution in [0.3, 0.4) is 0 Å². The van der Waals surface area contributed by atoms with E-state index < -0.39 is 17.8 Å². The van der Waals surface area contributed by atoms with Crippen LogP contribution in [0.1, 0.15) is 24.8 Å². The summed E-state index contributed by atoms with van der Waals surface area (Å²) in [5.74, 6) is -0.109. The van der Waals surface area contributed by atoms with Crippen LogP contribution in [0.4, 0.5) is 19.0 Å². The Balaban J connectivity index is 2.15. The number of halogens is 4. The quantitative estimate of drug-likeness (QED) is 0.883. The molecule has 1 atom stereocenters. The highest BCUT2D eigenvalue weighted by molar-refractivity contribution is 6.33. The smallest absolute Gasteiger partial charge is 0.357 e. The highest BCUT2D eigenvalue weighted by Gasteiger charge is 2.32. The maximum Gasteiger partial charge on any atom is 0.417 e. The van der Waals surface area contributed by atoms with E-state index in [-0.39, 0.29) is 16.7 Å². The van der Waals surface area contributed by atoms with E-state index in [1.54, 1.807) is 0 Å². The van der Waals surface area contributed by atoms with Crippen LogP contribution in [0.25, 0.3) is 0 Å². The van der Waals surface area contributed by atoms with Gasteiger partial charge in [0.2, 0.25) is 5.91 Å². The Bertz CT molecular complexity index is 507. The molecule has 1 saturated heterocycles. The lowest BCUT2D eigenvalue weighted by Gasteiger charge is -2.17. The fraction of sp³-hybridized carbons (Fsp3) is 0.500. The lowest BCUT2D eigenvalue weighted by atomic mass is 10.1. The number of carbonyl (C=O) groups excluding carboxylic acids is 1. The minimum absolute atomic E-state index is 0.0849. The van der Waals surface area contributed by atoms with Crippen LogP contribution < -0.4 is 10.6 Å². The van der Waals surface area contributed by atoms with Gasteiger partial charge in [0.05, 0.1) is 10.6 Å². The van der Waals surface area contributed by atoms with Crippen LogP contribution in [0.2, 0.25) is 5.02 Å². The molecule has 20 heavy (non-hydrogen) atoms. The Kier molecular flexibility index (Phi) is 4.37. The predicted molar refractivity (Wildman–Crippen MR) is 68.5 cm³/mol. The third-order valence-corrected chi connectivity index (χ3v) is 3.30. The second kappa shape index (κ2) is 5.87. The number of aromatic nitrogens is 1. The predicted octanol–water partition coefficient (Wildman–Crippen LogP) is 2.83. The fourth-order valence-corrected chi connectivity index (χ4v) is 2.16. The van der Waals surface area contributed by atoms with E-state index in [0.717, 1.165) is 18.9 Å². The third-order valence-electron chi connectivity index (χ3n) is 3.01. The molecule has 1 aromatic heterocycles. The monoisotopic (exact) mass is 307 g/mol. The Morgan fingerprint density at radius 2 is 2.15 bits per heavy atom. The van der Waals surface area contributed by atoms with Gasteiger partial charge in [-0.3, -0.25) is 4.79 Å². The number of rotatable bonds is 2. The average Bonchev–Trinajstić information content (AvgIpc) is 2.56. The summed E-state index contributed by atoms with van der Waals surface area (Å²) in [5, 5.41) is 5.36. The highest BCUT2D eigenvalue weighted by Crippen LogP contribution is 2.32. The molecule has 1 fully saturated rings. The van der Waals surface area contributed by atoms with Gasteiger partial charge in [0.1, 0.15) is 11.9 Å². The van der Waals surface area contributed by atoms with Crippen molar-refractivity contribution in [2.45, 2.75) is 31.5 Å². The molecule has 8 heteroatoms. The summed E-state index contributed by atoms with van der Waals surface area (Å²) < 4.78 is 37.5. The van der Waals surface area contributed by atoms with E-state index in [2.05, 4.69) is 15.6 Å². The van der Waals surface area contributed by atoms with E-state index in [4.69, 9.17) is 11.6 Å². The zero-order chi connectivity index (χ0) is 14.8. The van der Waals surface area contributed by atoms with Crippen molar-refractivity contribution < 1.29 is 18.0 Å². The molecule has 0 bridgehead atoms. The van der Waals surface area contributed by atoms with E-state index in [1.165, 1.54) is 0 Å². The molecule has 1 aromatic rings. The van der Waals surface area contributed by atoms with Crippen LogP contribution in [-0.4, -0.2) is 23.5 Å². The topological polar surface area (TPSA) is 54.0 Å². The van der Waals surface area contributed by atoms with Crippen molar-refractivity contribution >= 4 is 23.3 Å². The first kappa shape index (κ1) is 14.9. The van der Waals surface area contributed by atoms with E-state index >= 15 is 0 Å². The average molecular weight is 308 g/mol. The molecule has 0 aliphatic carbocycles. The summed E-state index contributed by atoms with van der Waals surface area (Å²) in [6.45, 7) is 0.602. The third kappa shape index (κ3) is 3.53. The van der Waals surface area contributed by atoms with E-state index in [9.17, 15) is 18.0 Å². The Labute approximate surface area is 118 Å². The molecule has 2 N–H and O–H groups in total. The molecular weight excluding hydrogens is 295 g/mol. The molecule has 0 unspecified atom stereocenters. The minimum Gasteiger partial charge on any atom is -0.357 e. The van der Waals surface area contributed by atoms with Gasteiger partial charge in [-0.2, -0.15) is 13.2 Å². The van der Waals surface area contributed by atoms with Crippen LogP contribution in [0, 0.1) is 0 Å². The van der Waals surface area contributed by atoms with Gasteiger partial charge in [0.15, 0.2) is 0 Å². The number of hydrogen-bond acceptors (Lipinski definition) is 3. The van der Waals surface area contributed by atoms with Gasteiger partial charge < -0.3 is 10.6 Å². The zero-order valence-corrected chi connectivity index (χ0v) is 11.2. The minimum atomic E-state index is -4.49. The highest BCUT2D eigenvalue weighted by atomic mass is 35.5. The Morgan fingerprint density at radius 3 is 2.80 bits per heavy atom. The van der Waals surface area contributed by atoms with E-state index in [1.807, 2.05) is 0 Å². The summed E-state index contributed by atoms with van der Waals surface area (Å²) in [6.07, 6.45) is -1.49. The normalized spacial score (nSPS) is 20.2. The van der Waals surface area contributed by atoms with Crippen molar-refractivity contribution in [2.75, 3.05) is 11.9 Å². The molecule has 110 valence electrons. The van der Waals surface area contributed by atoms with Gasteiger partial charge in [0, 0.05) is 12.7 Å². The van der Waals surface area contributed by atoms with Crippen molar-refractivity contribution in [2.24, 2.45) is 0 Å². The number of nitrogens with zero attached hydrogens (tertiary/aromatic N) is 1. The van der Waals surface area contributed by atoms with E-state index in [0.29, 0.717) is 19.2 Å². The molecule has 0 aromatic carbocycles. The van der Waals surface area contributed by atoms with Crippen LogP contribution >= 0.6 is 11.6 Å². The first-order chi connectivity index (χ1) is 9.38. The molecule has 1 amide bonds. The second-order valence-electron chi connectivity index (χ2n) is 4.54. The molecule has 4 nitrogen and oxygen atoms in total. The number of alkyl halides is 3. The zero-order valence-electron chi connectivity index (χ0n) is 10.4. The second-order valence-corrected chi connectivity index (χ2v) is 4.94. The summed E-state index contributed by atoms with van der Waals surface area (Å²) in [6, 6.07) is 0.269. The molecule has 0 saturated carbocycles. The lowest BCUT2D eigenvalue weighted by Crippen LogP contribution is -2.38. The molecule has 1 aliphatic rings. The number of amides is 1. The Hall–Kier alpha value is -1.50. The van der Waals surface area contributed by atoms with Gasteiger partial charge in [-0.15, -0.1) is 0 Å². The number of carbonyl (C=O) groups is 1. The van der Waals surface area contributed by atoms with Gasteiger partial charge in [-0.25, -0.2) is 4.98 Å². The first-order valence-corrected chi connectivity index (χ1v) is 6.53. The largest absolute Gasteiger partial charge is 0.417 e. The number of anilines is 1. The van der Waals surface area contributed by atoms with Gasteiger partial charge in [-0.05, 0) is 25.3 Å². The number of hydrogen-bond donors (Lipinski definition) is 2. The molecular formula is C12H13ClF3N3O. The summed E-state index contributed by atoms with van der Waals surface area (Å²) >= 11 is 5.79. The molecule has 1 aliphatic heterocycles. The number of pyridine rings is 1. The van der Waals surface area contributed by atoms with Crippen LogP contribution in [-0.2, 0) is 11.0 Å². The van der Waals surface area contributed by atoms with Crippen LogP contribution in [0.5, 0.6) is 0 Å². The molecule has 2 heterocycles. The van der Waals surface area contributed by atoms with Gasteiger partial charge >= 0.3 is 6.18 Å². The standard InChI is InChI=1S/C12H13ClF3N3O/c13-8-5-7(12(14,15)16)6-18-10(8)19-9-3-1-2-4-17-11(9)20/h5-6,9H,1-4H2,(H,17,20)(H,18,19)/t9-/m0/s1. The van der Waals surface area contributed by atoms with Crippen molar-refractivity contribution in [3.05, 3.63) is 22.8 Å². The SMILES string of the molecule is O=C1NCCCC[C@@H]1Nc1ncc(C(F)(F)F)cc1Cl. The molecule has 0 spiro atoms. The maximum atomic E-state index is 12.5. The summed E-state index contributed by atoms with van der Waals surface area (Å²) in [7, 11) is 0. The summed E-state index contributed by atoms with van der Waals surface area (Å²) in [4.78, 5) is 15.4. The molecule has 0 radical (unpaired) electrons. The lowest BCUT2D eigenvalue weighted by molar-refractivity contribution is -0.137. The summed E-state index contributed by atoms with van der Waals surface area (Å²) in [5.41, 5.74) is -0.918. The van der Waals surface area contributed by atoms with Gasteiger partial charge in [-0.1, -0.05) is 11.6 Å². The van der Waals surface area contributed by atoms with Gasteiger partial charge in [0.25, 0.3) is 0 Å². The van der Waals surface area contributed by atoms with Crippen molar-refractivity contribution in [3.63, 3.8) is 0 Å².